The molecule has 1 aliphatic heterocycles. The highest BCUT2D eigenvalue weighted by Crippen LogP contribution is 2.28. The molecule has 0 aliphatic carbocycles. The van der Waals surface area contributed by atoms with Gasteiger partial charge in [-0.2, -0.15) is 0 Å². The summed E-state index contributed by atoms with van der Waals surface area (Å²) in [6.45, 7) is 14.6. The first-order valence-electron chi connectivity index (χ1n) is 8.20. The van der Waals surface area contributed by atoms with E-state index in [1.54, 1.807) is 0 Å². The molecule has 0 aromatic rings. The van der Waals surface area contributed by atoms with Gasteiger partial charge in [0.25, 0.3) is 0 Å². The molecule has 0 aromatic heterocycles. The summed E-state index contributed by atoms with van der Waals surface area (Å²) in [6, 6.07) is 0. The Hall–Kier alpha value is -0.120. The van der Waals surface area contributed by atoms with Crippen LogP contribution in [0.5, 0.6) is 0 Å². The van der Waals surface area contributed by atoms with Crippen LogP contribution in [0.4, 0.5) is 0 Å². The SMILES string of the molecule is C.CC(C)[C@@H]1O[C@H](C)C[C@H](C)[C@H]1O.CCC(O)CC(C)C. The van der Waals surface area contributed by atoms with Gasteiger partial charge in [-0.3, -0.25) is 0 Å². The largest absolute Gasteiger partial charge is 0.393 e. The fourth-order valence-electron chi connectivity index (χ4n) is 2.65. The zero-order chi connectivity index (χ0) is 15.9. The normalized spacial score (nSPS) is 30.4. The smallest absolute Gasteiger partial charge is 0.0862 e. The Morgan fingerprint density at radius 2 is 1.67 bits per heavy atom. The molecule has 1 unspecified atom stereocenters. The van der Waals surface area contributed by atoms with E-state index in [0.29, 0.717) is 23.9 Å². The van der Waals surface area contributed by atoms with Crippen molar-refractivity contribution in [3.05, 3.63) is 0 Å². The average Bonchev–Trinajstić information content (AvgIpc) is 2.33. The quantitative estimate of drug-likeness (QED) is 0.816. The van der Waals surface area contributed by atoms with E-state index in [4.69, 9.17) is 9.84 Å². The van der Waals surface area contributed by atoms with Gasteiger partial charge in [-0.05, 0) is 43.9 Å². The van der Waals surface area contributed by atoms with Crippen LogP contribution in [0.25, 0.3) is 0 Å². The molecule has 0 saturated carbocycles. The van der Waals surface area contributed by atoms with Crippen molar-refractivity contribution >= 4 is 0 Å². The molecular weight excluding hydrogens is 264 g/mol. The minimum atomic E-state index is -0.277. The molecule has 0 radical (unpaired) electrons. The topological polar surface area (TPSA) is 49.7 Å². The van der Waals surface area contributed by atoms with Gasteiger partial charge in [-0.15, -0.1) is 0 Å². The summed E-state index contributed by atoms with van der Waals surface area (Å²) in [6.07, 6.45) is 2.79. The molecular formula is C18H40O3. The summed E-state index contributed by atoms with van der Waals surface area (Å²) >= 11 is 0. The zero-order valence-corrected chi connectivity index (χ0v) is 14.5. The van der Waals surface area contributed by atoms with Gasteiger partial charge in [0.05, 0.1) is 24.4 Å². The number of aliphatic hydroxyl groups excluding tert-OH is 2. The van der Waals surface area contributed by atoms with Crippen LogP contribution in [-0.4, -0.2) is 34.6 Å². The second-order valence-corrected chi connectivity index (χ2v) is 7.05. The van der Waals surface area contributed by atoms with Crippen LogP contribution in [0, 0.1) is 17.8 Å². The highest BCUT2D eigenvalue weighted by Gasteiger charge is 2.34. The lowest BCUT2D eigenvalue weighted by atomic mass is 9.86. The first kappa shape index (κ1) is 23.2. The summed E-state index contributed by atoms with van der Waals surface area (Å²) in [5, 5.41) is 18.8. The van der Waals surface area contributed by atoms with Gasteiger partial charge in [0.2, 0.25) is 0 Å². The lowest BCUT2D eigenvalue weighted by molar-refractivity contribution is -0.151. The van der Waals surface area contributed by atoms with Crippen molar-refractivity contribution in [2.24, 2.45) is 17.8 Å². The molecule has 3 nitrogen and oxygen atoms in total. The number of hydrogen-bond acceptors (Lipinski definition) is 3. The van der Waals surface area contributed by atoms with E-state index in [9.17, 15) is 5.11 Å². The van der Waals surface area contributed by atoms with Crippen molar-refractivity contribution in [3.63, 3.8) is 0 Å². The highest BCUT2D eigenvalue weighted by atomic mass is 16.5. The van der Waals surface area contributed by atoms with Crippen LogP contribution in [0.1, 0.15) is 75.2 Å². The fourth-order valence-corrected chi connectivity index (χ4v) is 2.65. The van der Waals surface area contributed by atoms with Crippen LogP contribution in [0.15, 0.2) is 0 Å². The van der Waals surface area contributed by atoms with Crippen molar-refractivity contribution in [2.75, 3.05) is 0 Å². The first-order chi connectivity index (χ1) is 9.18. The van der Waals surface area contributed by atoms with Crippen LogP contribution < -0.4 is 0 Å². The van der Waals surface area contributed by atoms with Crippen molar-refractivity contribution in [3.8, 4) is 0 Å². The Kier molecular flexibility index (Phi) is 12.6. The third-order valence-electron chi connectivity index (χ3n) is 3.88. The van der Waals surface area contributed by atoms with E-state index in [-0.39, 0.29) is 25.7 Å². The van der Waals surface area contributed by atoms with Gasteiger partial charge in [-0.1, -0.05) is 49.0 Å². The molecule has 0 bridgehead atoms. The lowest BCUT2D eigenvalue weighted by Gasteiger charge is -2.38. The van der Waals surface area contributed by atoms with Crippen LogP contribution >= 0.6 is 0 Å². The van der Waals surface area contributed by atoms with E-state index >= 15 is 0 Å². The van der Waals surface area contributed by atoms with E-state index < -0.39 is 0 Å². The summed E-state index contributed by atoms with van der Waals surface area (Å²) in [4.78, 5) is 0. The van der Waals surface area contributed by atoms with Crippen molar-refractivity contribution in [1.82, 2.24) is 0 Å². The zero-order valence-electron chi connectivity index (χ0n) is 14.5. The number of ether oxygens (including phenoxy) is 1. The van der Waals surface area contributed by atoms with Gasteiger partial charge >= 0.3 is 0 Å². The van der Waals surface area contributed by atoms with E-state index in [0.717, 1.165) is 19.3 Å². The maximum Gasteiger partial charge on any atom is 0.0862 e. The number of aliphatic hydroxyl groups is 2. The minimum Gasteiger partial charge on any atom is -0.393 e. The standard InChI is InChI=1S/C10H20O2.C7H16O.CH4/c1-6(2)10-9(11)7(3)5-8(4)12-10;1-4-7(8)5-6(2)3;/h6-11H,5H2,1-4H3;6-8H,4-5H2,1-3H3;1H4/t7-,8+,9+,10-;;/m0../s1. The molecule has 21 heavy (non-hydrogen) atoms. The molecule has 130 valence electrons. The molecule has 5 atom stereocenters. The third-order valence-corrected chi connectivity index (χ3v) is 3.88. The molecule has 1 rings (SSSR count). The summed E-state index contributed by atoms with van der Waals surface area (Å²) in [7, 11) is 0. The molecule has 1 saturated heterocycles. The Labute approximate surface area is 133 Å². The molecule has 0 spiro atoms. The minimum absolute atomic E-state index is 0. The molecule has 1 aliphatic rings. The summed E-state index contributed by atoms with van der Waals surface area (Å²) < 4.78 is 5.68. The van der Waals surface area contributed by atoms with Crippen molar-refractivity contribution in [2.45, 2.75) is 99.6 Å². The van der Waals surface area contributed by atoms with E-state index in [1.165, 1.54) is 0 Å². The summed E-state index contributed by atoms with van der Waals surface area (Å²) in [5.74, 6) is 1.41. The summed E-state index contributed by atoms with van der Waals surface area (Å²) in [5.41, 5.74) is 0. The van der Waals surface area contributed by atoms with Crippen molar-refractivity contribution < 1.29 is 14.9 Å². The second kappa shape index (κ2) is 11.4. The molecule has 1 fully saturated rings. The Balaban J connectivity index is 0. The fraction of sp³-hybridized carbons (Fsp3) is 1.00. The van der Waals surface area contributed by atoms with Gasteiger partial charge in [0, 0.05) is 0 Å². The van der Waals surface area contributed by atoms with Gasteiger partial charge in [0.15, 0.2) is 0 Å². The van der Waals surface area contributed by atoms with Crippen molar-refractivity contribution in [1.29, 1.82) is 0 Å². The van der Waals surface area contributed by atoms with Crippen LogP contribution in [-0.2, 0) is 4.74 Å². The van der Waals surface area contributed by atoms with Crippen LogP contribution in [0.2, 0.25) is 0 Å². The predicted octanol–water partition coefficient (Wildman–Crippen LogP) is 4.26. The van der Waals surface area contributed by atoms with Gasteiger partial charge < -0.3 is 14.9 Å². The number of rotatable bonds is 4. The highest BCUT2D eigenvalue weighted by molar-refractivity contribution is 4.83. The Morgan fingerprint density at radius 3 is 2.00 bits per heavy atom. The third kappa shape index (κ3) is 9.49. The maximum atomic E-state index is 9.80. The molecule has 2 N–H and O–H groups in total. The molecule has 1 heterocycles. The van der Waals surface area contributed by atoms with E-state index in [1.807, 2.05) is 6.92 Å². The lowest BCUT2D eigenvalue weighted by Crippen LogP contribution is -2.45. The maximum absolute atomic E-state index is 9.80. The number of hydrogen-bond donors (Lipinski definition) is 2. The van der Waals surface area contributed by atoms with E-state index in [2.05, 4.69) is 41.5 Å². The molecule has 0 amide bonds. The average molecular weight is 305 g/mol. The first-order valence-corrected chi connectivity index (χ1v) is 8.20. The molecule has 0 aromatic carbocycles. The van der Waals surface area contributed by atoms with Crippen LogP contribution in [0.3, 0.4) is 0 Å². The van der Waals surface area contributed by atoms with Gasteiger partial charge in [0.1, 0.15) is 0 Å². The van der Waals surface area contributed by atoms with Gasteiger partial charge in [-0.25, -0.2) is 0 Å². The second-order valence-electron chi connectivity index (χ2n) is 7.05. The Morgan fingerprint density at radius 1 is 1.14 bits per heavy atom. The predicted molar refractivity (Wildman–Crippen MR) is 91.4 cm³/mol. The Bertz CT molecular complexity index is 241. The molecule has 3 heteroatoms. The monoisotopic (exact) mass is 304 g/mol.